The highest BCUT2D eigenvalue weighted by molar-refractivity contribution is 8.02. The van der Waals surface area contributed by atoms with Crippen LogP contribution in [-0.2, 0) is 21.1 Å². The van der Waals surface area contributed by atoms with Crippen molar-refractivity contribution in [2.75, 3.05) is 17.3 Å². The van der Waals surface area contributed by atoms with E-state index in [0.29, 0.717) is 18.1 Å². The Morgan fingerprint density at radius 1 is 1.25 bits per heavy atom. The van der Waals surface area contributed by atoms with Crippen LogP contribution in [0.3, 0.4) is 0 Å². The number of amides is 1. The van der Waals surface area contributed by atoms with Crippen molar-refractivity contribution >= 4 is 27.5 Å². The molecule has 0 spiro atoms. The summed E-state index contributed by atoms with van der Waals surface area (Å²) >= 11 is 1.45. The van der Waals surface area contributed by atoms with Gasteiger partial charge in [-0.2, -0.15) is 0 Å². The van der Waals surface area contributed by atoms with E-state index in [2.05, 4.69) is 43.4 Å². The number of rotatable bonds is 7. The number of carbonyl (C=O) groups is 1. The average Bonchev–Trinajstić information content (AvgIpc) is 2.84. The first-order chi connectivity index (χ1) is 11.2. The lowest BCUT2D eigenvalue weighted by atomic mass is 10.00. The minimum Gasteiger partial charge on any atom is -0.349 e. The van der Waals surface area contributed by atoms with Crippen LogP contribution >= 0.6 is 11.8 Å². The van der Waals surface area contributed by atoms with E-state index in [1.165, 1.54) is 17.3 Å². The number of sulfone groups is 1. The van der Waals surface area contributed by atoms with E-state index in [4.69, 9.17) is 0 Å². The van der Waals surface area contributed by atoms with E-state index in [1.807, 2.05) is 6.92 Å². The summed E-state index contributed by atoms with van der Waals surface area (Å²) in [5.74, 6) is 1.37. The molecule has 0 bridgehead atoms. The Morgan fingerprint density at radius 2 is 1.92 bits per heavy atom. The Kier molecular flexibility index (Phi) is 6.75. The summed E-state index contributed by atoms with van der Waals surface area (Å²) in [4.78, 5) is 12.1. The topological polar surface area (TPSA) is 63.2 Å². The van der Waals surface area contributed by atoms with Gasteiger partial charge >= 0.3 is 0 Å². The molecule has 1 N–H and O–H groups in total. The standard InChI is InChI=1S/C18H27NO3S2/c1-13(2)10-15-4-6-16(7-5-15)14(3)19-18(20)11-23-17-8-9-24(21,22)12-17/h4-7,13-14,17H,8-12H2,1-3H3,(H,19,20). The Hall–Kier alpha value is -1.01. The molecule has 2 rings (SSSR count). The summed E-state index contributed by atoms with van der Waals surface area (Å²) in [6.45, 7) is 6.37. The number of benzene rings is 1. The largest absolute Gasteiger partial charge is 0.349 e. The number of carbonyl (C=O) groups excluding carboxylic acids is 1. The van der Waals surface area contributed by atoms with Crippen LogP contribution in [0.2, 0.25) is 0 Å². The van der Waals surface area contributed by atoms with Crippen LogP contribution in [0.5, 0.6) is 0 Å². The van der Waals surface area contributed by atoms with Gasteiger partial charge in [0.1, 0.15) is 0 Å². The molecule has 1 aliphatic heterocycles. The van der Waals surface area contributed by atoms with Gasteiger partial charge in [0.15, 0.2) is 9.84 Å². The second-order valence-corrected chi connectivity index (χ2v) is 10.5. The summed E-state index contributed by atoms with van der Waals surface area (Å²) in [6.07, 6.45) is 1.72. The van der Waals surface area contributed by atoms with E-state index in [9.17, 15) is 13.2 Å². The van der Waals surface area contributed by atoms with E-state index < -0.39 is 9.84 Å². The fraction of sp³-hybridized carbons (Fsp3) is 0.611. The van der Waals surface area contributed by atoms with Gasteiger partial charge in [-0.05, 0) is 36.8 Å². The predicted molar refractivity (Wildman–Crippen MR) is 101 cm³/mol. The molecule has 134 valence electrons. The quantitative estimate of drug-likeness (QED) is 0.802. The van der Waals surface area contributed by atoms with Crippen molar-refractivity contribution < 1.29 is 13.2 Å². The lowest BCUT2D eigenvalue weighted by molar-refractivity contribution is -0.119. The first kappa shape index (κ1) is 19.3. The Morgan fingerprint density at radius 3 is 2.46 bits per heavy atom. The van der Waals surface area contributed by atoms with Gasteiger partial charge in [-0.3, -0.25) is 4.79 Å². The molecule has 1 heterocycles. The zero-order chi connectivity index (χ0) is 17.7. The van der Waals surface area contributed by atoms with Crippen LogP contribution < -0.4 is 5.32 Å². The molecule has 1 saturated heterocycles. The molecular formula is C18H27NO3S2. The molecular weight excluding hydrogens is 342 g/mol. The molecule has 2 atom stereocenters. The van der Waals surface area contributed by atoms with E-state index in [-0.39, 0.29) is 28.7 Å². The summed E-state index contributed by atoms with van der Waals surface area (Å²) in [5.41, 5.74) is 2.40. The second-order valence-electron chi connectivity index (χ2n) is 6.96. The minimum atomic E-state index is -2.87. The molecule has 1 aromatic carbocycles. The molecule has 1 aromatic rings. The maximum Gasteiger partial charge on any atom is 0.230 e. The smallest absolute Gasteiger partial charge is 0.230 e. The van der Waals surface area contributed by atoms with Crippen molar-refractivity contribution in [3.8, 4) is 0 Å². The monoisotopic (exact) mass is 369 g/mol. The van der Waals surface area contributed by atoms with Crippen LogP contribution in [0, 0.1) is 5.92 Å². The molecule has 0 radical (unpaired) electrons. The zero-order valence-electron chi connectivity index (χ0n) is 14.6. The maximum absolute atomic E-state index is 12.1. The van der Waals surface area contributed by atoms with Crippen molar-refractivity contribution in [1.29, 1.82) is 0 Å². The molecule has 24 heavy (non-hydrogen) atoms. The fourth-order valence-electron chi connectivity index (χ4n) is 2.87. The van der Waals surface area contributed by atoms with Gasteiger partial charge in [-0.1, -0.05) is 38.1 Å². The molecule has 1 fully saturated rings. The van der Waals surface area contributed by atoms with Gasteiger partial charge in [0.2, 0.25) is 5.91 Å². The molecule has 0 aromatic heterocycles. The number of hydrogen-bond donors (Lipinski definition) is 1. The van der Waals surface area contributed by atoms with Gasteiger partial charge in [-0.25, -0.2) is 8.42 Å². The molecule has 1 aliphatic rings. The van der Waals surface area contributed by atoms with Gasteiger partial charge in [0.05, 0.1) is 23.3 Å². The first-order valence-corrected chi connectivity index (χ1v) is 11.3. The highest BCUT2D eigenvalue weighted by Gasteiger charge is 2.28. The lowest BCUT2D eigenvalue weighted by Crippen LogP contribution is -2.29. The molecule has 1 amide bonds. The second kappa shape index (κ2) is 8.39. The number of thioether (sulfide) groups is 1. The molecule has 6 heteroatoms. The molecule has 2 unspecified atom stereocenters. The van der Waals surface area contributed by atoms with Crippen molar-refractivity contribution in [3.63, 3.8) is 0 Å². The van der Waals surface area contributed by atoms with Crippen LogP contribution in [0.4, 0.5) is 0 Å². The number of nitrogens with one attached hydrogen (secondary N) is 1. The van der Waals surface area contributed by atoms with Crippen molar-refractivity contribution in [1.82, 2.24) is 5.32 Å². The molecule has 4 nitrogen and oxygen atoms in total. The van der Waals surface area contributed by atoms with Crippen LogP contribution in [0.15, 0.2) is 24.3 Å². The fourth-order valence-corrected chi connectivity index (χ4v) is 6.32. The predicted octanol–water partition coefficient (Wildman–Crippen LogP) is 2.98. The molecule has 0 aliphatic carbocycles. The minimum absolute atomic E-state index is 0.0388. The highest BCUT2D eigenvalue weighted by Crippen LogP contribution is 2.24. The van der Waals surface area contributed by atoms with Crippen molar-refractivity contribution in [3.05, 3.63) is 35.4 Å². The highest BCUT2D eigenvalue weighted by atomic mass is 32.2. The maximum atomic E-state index is 12.1. The summed E-state index contributed by atoms with van der Waals surface area (Å²) in [5, 5.41) is 3.05. The van der Waals surface area contributed by atoms with Crippen LogP contribution in [0.25, 0.3) is 0 Å². The Labute approximate surface area is 149 Å². The van der Waals surface area contributed by atoms with Gasteiger partial charge < -0.3 is 5.32 Å². The number of hydrogen-bond acceptors (Lipinski definition) is 4. The van der Waals surface area contributed by atoms with Gasteiger partial charge in [0, 0.05) is 5.25 Å². The third kappa shape index (κ3) is 6.13. The van der Waals surface area contributed by atoms with Crippen LogP contribution in [0.1, 0.15) is 44.4 Å². The van der Waals surface area contributed by atoms with Crippen molar-refractivity contribution in [2.45, 2.75) is 44.9 Å². The Bertz CT molecular complexity index is 653. The Balaban J connectivity index is 1.78. The van der Waals surface area contributed by atoms with Crippen molar-refractivity contribution in [2.24, 2.45) is 5.92 Å². The normalized spacial score (nSPS) is 20.9. The summed E-state index contributed by atoms with van der Waals surface area (Å²) in [7, 11) is -2.87. The van der Waals surface area contributed by atoms with Gasteiger partial charge in [0.25, 0.3) is 0 Å². The average molecular weight is 370 g/mol. The van der Waals surface area contributed by atoms with E-state index in [0.717, 1.165) is 12.0 Å². The third-order valence-corrected chi connectivity index (χ3v) is 7.42. The molecule has 0 saturated carbocycles. The SMILES string of the molecule is CC(C)Cc1ccc(C(C)NC(=O)CSC2CCS(=O)(=O)C2)cc1. The first-order valence-electron chi connectivity index (χ1n) is 8.45. The zero-order valence-corrected chi connectivity index (χ0v) is 16.3. The van der Waals surface area contributed by atoms with E-state index in [1.54, 1.807) is 0 Å². The van der Waals surface area contributed by atoms with Gasteiger partial charge in [-0.15, -0.1) is 11.8 Å². The van der Waals surface area contributed by atoms with Crippen LogP contribution in [-0.4, -0.2) is 36.8 Å². The lowest BCUT2D eigenvalue weighted by Gasteiger charge is -2.16. The summed E-state index contributed by atoms with van der Waals surface area (Å²) in [6, 6.07) is 8.34. The third-order valence-electron chi connectivity index (χ3n) is 4.14. The van der Waals surface area contributed by atoms with E-state index >= 15 is 0 Å². The summed E-state index contributed by atoms with van der Waals surface area (Å²) < 4.78 is 22.9.